The van der Waals surface area contributed by atoms with Gasteiger partial charge in [0.15, 0.2) is 0 Å². The van der Waals surface area contributed by atoms with Crippen molar-refractivity contribution in [3.05, 3.63) is 114 Å². The Hall–Kier alpha value is -5.09. The lowest BCUT2D eigenvalue weighted by molar-refractivity contribution is -0.114. The summed E-state index contributed by atoms with van der Waals surface area (Å²) in [5.41, 5.74) is 2.14. The number of thioether (sulfide) groups is 1. The van der Waals surface area contributed by atoms with Gasteiger partial charge in [0.2, 0.25) is 11.8 Å². The van der Waals surface area contributed by atoms with E-state index in [4.69, 9.17) is 4.42 Å². The Morgan fingerprint density at radius 3 is 2.17 bits per heavy atom. The van der Waals surface area contributed by atoms with Gasteiger partial charge in [0.05, 0.1) is 12.0 Å². The van der Waals surface area contributed by atoms with Gasteiger partial charge in [-0.15, -0.1) is 11.8 Å². The van der Waals surface area contributed by atoms with Gasteiger partial charge in [-0.2, -0.15) is 0 Å². The van der Waals surface area contributed by atoms with Gasteiger partial charge in [-0.25, -0.2) is 0 Å². The van der Waals surface area contributed by atoms with E-state index in [0.29, 0.717) is 28.4 Å². The van der Waals surface area contributed by atoms with Crippen LogP contribution in [0, 0.1) is 0 Å². The molecule has 1 aromatic heterocycles. The maximum atomic E-state index is 13.1. The lowest BCUT2D eigenvalue weighted by Crippen LogP contribution is -2.30. The van der Waals surface area contributed by atoms with Crippen molar-refractivity contribution in [3.8, 4) is 0 Å². The normalized spacial score (nSPS) is 10.9. The molecule has 10 heteroatoms. The summed E-state index contributed by atoms with van der Waals surface area (Å²) in [4.78, 5) is 50.2. The fourth-order valence-electron chi connectivity index (χ4n) is 3.51. The van der Waals surface area contributed by atoms with E-state index < -0.39 is 11.8 Å². The highest BCUT2D eigenvalue weighted by Crippen LogP contribution is 2.23. The molecule has 0 radical (unpaired) electrons. The van der Waals surface area contributed by atoms with Crippen molar-refractivity contribution >= 4 is 58.5 Å². The molecule has 0 bridgehead atoms. The van der Waals surface area contributed by atoms with Crippen molar-refractivity contribution in [1.29, 1.82) is 0 Å². The Balaban J connectivity index is 1.37. The summed E-state index contributed by atoms with van der Waals surface area (Å²) in [6, 6.07) is 25.7. The van der Waals surface area contributed by atoms with Crippen LogP contribution in [0.5, 0.6) is 0 Å². The summed E-state index contributed by atoms with van der Waals surface area (Å²) in [6.45, 7) is 1.42. The molecule has 3 aromatic carbocycles. The van der Waals surface area contributed by atoms with E-state index in [-0.39, 0.29) is 23.3 Å². The number of hydrogen-bond acceptors (Lipinski definition) is 6. The third kappa shape index (κ3) is 8.47. The number of carbonyl (C=O) groups excluding carboxylic acids is 4. The first-order valence-electron chi connectivity index (χ1n) is 12.2. The number of furan rings is 1. The number of nitrogens with one attached hydrogen (secondary N) is 4. The minimum absolute atomic E-state index is 0.00533. The molecule has 0 unspecified atom stereocenters. The maximum absolute atomic E-state index is 13.1. The second-order valence-electron chi connectivity index (χ2n) is 8.47. The minimum Gasteiger partial charge on any atom is -0.465 e. The molecular weight excluding hydrogens is 528 g/mol. The third-order valence-corrected chi connectivity index (χ3v) is 6.30. The number of hydrogen-bond donors (Lipinski definition) is 4. The zero-order valence-electron chi connectivity index (χ0n) is 21.5. The monoisotopic (exact) mass is 554 g/mol. The van der Waals surface area contributed by atoms with Crippen molar-refractivity contribution in [2.45, 2.75) is 11.8 Å². The fraction of sp³-hybridized carbons (Fsp3) is 0.0667. The Morgan fingerprint density at radius 1 is 0.775 bits per heavy atom. The van der Waals surface area contributed by atoms with Gasteiger partial charge in [0, 0.05) is 40.5 Å². The largest absolute Gasteiger partial charge is 0.465 e. The fourth-order valence-corrected chi connectivity index (χ4v) is 4.26. The molecule has 0 spiro atoms. The minimum atomic E-state index is -0.539. The van der Waals surface area contributed by atoms with E-state index in [1.165, 1.54) is 31.0 Å². The van der Waals surface area contributed by atoms with Gasteiger partial charge in [-0.1, -0.05) is 24.3 Å². The summed E-state index contributed by atoms with van der Waals surface area (Å²) in [6.07, 6.45) is 2.92. The number of rotatable bonds is 10. The van der Waals surface area contributed by atoms with Crippen molar-refractivity contribution in [1.82, 2.24) is 5.32 Å². The summed E-state index contributed by atoms with van der Waals surface area (Å²) in [7, 11) is 0. The summed E-state index contributed by atoms with van der Waals surface area (Å²) >= 11 is 1.30. The summed E-state index contributed by atoms with van der Waals surface area (Å²) in [5, 5.41) is 10.9. The van der Waals surface area contributed by atoms with Crippen LogP contribution in [0.2, 0.25) is 0 Å². The highest BCUT2D eigenvalue weighted by atomic mass is 32.2. The molecule has 4 aromatic rings. The molecule has 4 amide bonds. The molecule has 4 N–H and O–H groups in total. The molecule has 4 rings (SSSR count). The maximum Gasteiger partial charge on any atom is 0.272 e. The quantitative estimate of drug-likeness (QED) is 0.154. The smallest absolute Gasteiger partial charge is 0.272 e. The Bertz CT molecular complexity index is 1520. The molecule has 0 saturated carbocycles. The number of anilines is 3. The van der Waals surface area contributed by atoms with E-state index in [9.17, 15) is 19.2 Å². The van der Waals surface area contributed by atoms with Gasteiger partial charge < -0.3 is 25.7 Å². The van der Waals surface area contributed by atoms with Crippen LogP contribution >= 0.6 is 11.8 Å². The molecule has 0 saturated heterocycles. The Labute approximate surface area is 235 Å². The number of benzene rings is 3. The molecule has 202 valence electrons. The van der Waals surface area contributed by atoms with Gasteiger partial charge in [-0.05, 0) is 66.7 Å². The Morgan fingerprint density at radius 2 is 1.50 bits per heavy atom. The van der Waals surface area contributed by atoms with E-state index >= 15 is 0 Å². The van der Waals surface area contributed by atoms with Crippen LogP contribution in [-0.2, 0) is 14.4 Å². The van der Waals surface area contributed by atoms with Crippen LogP contribution < -0.4 is 21.3 Å². The standard InChI is InChI=1S/C30H26N4O5S/c1-20(35)31-22-12-14-23(15-13-22)32-28(36)19-40-26-11-5-9-24(17-26)33-30(38)27(18-25-10-6-16-39-25)34-29(37)21-7-3-2-4-8-21/h2-18H,19H2,1H3,(H,31,35)(H,32,36)(H,33,38)(H,34,37)/b27-18-. The molecule has 0 aliphatic carbocycles. The van der Waals surface area contributed by atoms with Crippen molar-refractivity contribution in [2.75, 3.05) is 21.7 Å². The highest BCUT2D eigenvalue weighted by Gasteiger charge is 2.16. The predicted molar refractivity (Wildman–Crippen MR) is 156 cm³/mol. The zero-order chi connectivity index (χ0) is 28.3. The molecule has 1 heterocycles. The average molecular weight is 555 g/mol. The first-order valence-corrected chi connectivity index (χ1v) is 13.2. The number of carbonyl (C=O) groups is 4. The first kappa shape index (κ1) is 27.9. The molecule has 0 aliphatic heterocycles. The van der Waals surface area contributed by atoms with E-state index in [2.05, 4.69) is 21.3 Å². The lowest BCUT2D eigenvalue weighted by Gasteiger charge is -2.12. The molecule has 0 aliphatic rings. The van der Waals surface area contributed by atoms with E-state index in [1.807, 2.05) is 6.07 Å². The predicted octanol–water partition coefficient (Wildman–Crippen LogP) is 5.38. The van der Waals surface area contributed by atoms with Crippen LogP contribution in [0.25, 0.3) is 6.08 Å². The van der Waals surface area contributed by atoms with Crippen LogP contribution in [0.4, 0.5) is 17.1 Å². The zero-order valence-corrected chi connectivity index (χ0v) is 22.3. The van der Waals surface area contributed by atoms with Crippen molar-refractivity contribution in [2.24, 2.45) is 0 Å². The third-order valence-electron chi connectivity index (χ3n) is 5.31. The first-order chi connectivity index (χ1) is 19.4. The molecule has 40 heavy (non-hydrogen) atoms. The summed E-state index contributed by atoms with van der Waals surface area (Å²) in [5.74, 6) is -0.815. The second kappa shape index (κ2) is 13.6. The van der Waals surface area contributed by atoms with Gasteiger partial charge >= 0.3 is 0 Å². The summed E-state index contributed by atoms with van der Waals surface area (Å²) < 4.78 is 5.32. The van der Waals surface area contributed by atoms with Gasteiger partial charge in [-0.3, -0.25) is 19.2 Å². The van der Waals surface area contributed by atoms with E-state index in [0.717, 1.165) is 4.90 Å². The number of amides is 4. The van der Waals surface area contributed by atoms with Crippen molar-refractivity contribution < 1.29 is 23.6 Å². The molecular formula is C30H26N4O5S. The molecule has 9 nitrogen and oxygen atoms in total. The second-order valence-corrected chi connectivity index (χ2v) is 9.52. The van der Waals surface area contributed by atoms with Crippen LogP contribution in [0.15, 0.2) is 112 Å². The highest BCUT2D eigenvalue weighted by molar-refractivity contribution is 8.00. The van der Waals surface area contributed by atoms with Crippen LogP contribution in [0.3, 0.4) is 0 Å². The van der Waals surface area contributed by atoms with Crippen LogP contribution in [-0.4, -0.2) is 29.4 Å². The average Bonchev–Trinajstić information content (AvgIpc) is 3.46. The Kier molecular flexibility index (Phi) is 9.52. The molecule has 0 atom stereocenters. The topological polar surface area (TPSA) is 130 Å². The van der Waals surface area contributed by atoms with E-state index in [1.54, 1.807) is 84.9 Å². The lowest BCUT2D eigenvalue weighted by atomic mass is 10.2. The van der Waals surface area contributed by atoms with Crippen molar-refractivity contribution in [3.63, 3.8) is 0 Å². The van der Waals surface area contributed by atoms with Gasteiger partial charge in [0.1, 0.15) is 11.5 Å². The SMILES string of the molecule is CC(=O)Nc1ccc(NC(=O)CSc2cccc(NC(=O)/C(=C/c3ccco3)NC(=O)c3ccccc3)c2)cc1. The van der Waals surface area contributed by atoms with Gasteiger partial charge in [0.25, 0.3) is 11.8 Å². The van der Waals surface area contributed by atoms with Crippen LogP contribution in [0.1, 0.15) is 23.0 Å². The molecule has 0 fully saturated rings.